The molecule has 2 heteroatoms. The van der Waals surface area contributed by atoms with E-state index in [4.69, 9.17) is 4.74 Å². The van der Waals surface area contributed by atoms with Crippen molar-refractivity contribution in [2.45, 2.75) is 13.5 Å². The third-order valence-electron chi connectivity index (χ3n) is 1.46. The van der Waals surface area contributed by atoms with E-state index in [1.54, 1.807) is 6.92 Å². The molecule has 0 heterocycles. The third-order valence-corrected chi connectivity index (χ3v) is 1.46. The van der Waals surface area contributed by atoms with Gasteiger partial charge < -0.3 is 4.74 Å². The van der Waals surface area contributed by atoms with Crippen molar-refractivity contribution in [3.05, 3.63) is 42.3 Å². The van der Waals surface area contributed by atoms with Crippen LogP contribution in [0.5, 0.6) is 0 Å². The maximum atomic E-state index is 10.7. The molecule has 0 aliphatic heterocycles. The zero-order chi connectivity index (χ0) is 8.81. The number of hydrogen-bond acceptors (Lipinski definition) is 2. The van der Waals surface area contributed by atoms with Gasteiger partial charge >= 0.3 is 5.97 Å². The van der Waals surface area contributed by atoms with Crippen LogP contribution in [0.4, 0.5) is 0 Å². The lowest BCUT2D eigenvalue weighted by atomic mass is 10.2. The summed E-state index contributed by atoms with van der Waals surface area (Å²) in [4.78, 5) is 10.7. The van der Waals surface area contributed by atoms with E-state index in [1.807, 2.05) is 30.3 Å². The second kappa shape index (κ2) is 4.54. The molecule has 2 nitrogen and oxygen atoms in total. The monoisotopic (exact) mass is 163 g/mol. The molecule has 0 N–H and O–H groups in total. The normalized spacial score (nSPS) is 9.42. The molecule has 0 aromatic heterocycles. The van der Waals surface area contributed by atoms with Gasteiger partial charge in [0.15, 0.2) is 0 Å². The molecule has 0 spiro atoms. The summed E-state index contributed by atoms with van der Waals surface area (Å²) in [7, 11) is 0. The summed E-state index contributed by atoms with van der Waals surface area (Å²) in [5.41, 5.74) is 1.01. The molecule has 0 atom stereocenters. The molecular weight excluding hydrogens is 152 g/mol. The molecular formula is C10H11O2. The molecule has 0 saturated heterocycles. The van der Waals surface area contributed by atoms with Gasteiger partial charge in [0.2, 0.25) is 0 Å². The Hall–Kier alpha value is -1.31. The highest BCUT2D eigenvalue weighted by molar-refractivity contribution is 5.78. The fourth-order valence-corrected chi connectivity index (χ4v) is 0.812. The first-order valence-corrected chi connectivity index (χ1v) is 3.83. The second-order valence-electron chi connectivity index (χ2n) is 2.38. The van der Waals surface area contributed by atoms with Crippen LogP contribution in [-0.2, 0) is 16.1 Å². The number of benzene rings is 1. The summed E-state index contributed by atoms with van der Waals surface area (Å²) in [5.74, 6) is -0.279. The molecule has 1 rings (SSSR count). The highest BCUT2D eigenvalue weighted by atomic mass is 16.5. The van der Waals surface area contributed by atoms with Crippen LogP contribution >= 0.6 is 0 Å². The van der Waals surface area contributed by atoms with E-state index in [1.165, 1.54) is 6.42 Å². The molecule has 1 aromatic carbocycles. The SMILES string of the molecule is C[CH]C(=O)OCc1ccccc1. The summed E-state index contributed by atoms with van der Waals surface area (Å²) in [6, 6.07) is 9.60. The maximum Gasteiger partial charge on any atom is 0.309 e. The minimum absolute atomic E-state index is 0.279. The number of hydrogen-bond donors (Lipinski definition) is 0. The molecule has 0 aliphatic carbocycles. The molecule has 0 aliphatic rings. The lowest BCUT2D eigenvalue weighted by Crippen LogP contribution is -2.02. The Morgan fingerprint density at radius 2 is 2.08 bits per heavy atom. The molecule has 1 radical (unpaired) electrons. The minimum atomic E-state index is -0.279. The second-order valence-corrected chi connectivity index (χ2v) is 2.38. The predicted octanol–water partition coefficient (Wildman–Crippen LogP) is 1.95. The van der Waals surface area contributed by atoms with Crippen LogP contribution in [0.15, 0.2) is 30.3 Å². The van der Waals surface area contributed by atoms with Crippen molar-refractivity contribution in [3.8, 4) is 0 Å². The van der Waals surface area contributed by atoms with Gasteiger partial charge in [0.25, 0.3) is 0 Å². The van der Waals surface area contributed by atoms with Crippen LogP contribution in [0, 0.1) is 6.42 Å². The fourth-order valence-electron chi connectivity index (χ4n) is 0.812. The van der Waals surface area contributed by atoms with Crippen molar-refractivity contribution in [3.63, 3.8) is 0 Å². The van der Waals surface area contributed by atoms with Gasteiger partial charge in [-0.1, -0.05) is 37.3 Å². The van der Waals surface area contributed by atoms with Gasteiger partial charge in [-0.25, -0.2) is 0 Å². The molecule has 12 heavy (non-hydrogen) atoms. The highest BCUT2D eigenvalue weighted by Crippen LogP contribution is 2.00. The van der Waals surface area contributed by atoms with Crippen molar-refractivity contribution in [1.82, 2.24) is 0 Å². The molecule has 0 fully saturated rings. The predicted molar refractivity (Wildman–Crippen MR) is 46.2 cm³/mol. The summed E-state index contributed by atoms with van der Waals surface area (Å²) in [6.07, 6.45) is 1.41. The number of rotatable bonds is 3. The lowest BCUT2D eigenvalue weighted by Gasteiger charge is -2.01. The van der Waals surface area contributed by atoms with Crippen molar-refractivity contribution in [2.75, 3.05) is 0 Å². The van der Waals surface area contributed by atoms with Gasteiger partial charge in [-0.05, 0) is 5.56 Å². The fraction of sp³-hybridized carbons (Fsp3) is 0.200. The Bertz CT molecular complexity index is 241. The number of esters is 1. The third kappa shape index (κ3) is 2.74. The summed E-state index contributed by atoms with van der Waals surface area (Å²) in [6.45, 7) is 2.01. The van der Waals surface area contributed by atoms with Crippen LogP contribution in [0.25, 0.3) is 0 Å². The number of carbonyl (C=O) groups excluding carboxylic acids is 1. The van der Waals surface area contributed by atoms with Gasteiger partial charge in [-0.15, -0.1) is 0 Å². The lowest BCUT2D eigenvalue weighted by molar-refractivity contribution is -0.140. The molecule has 63 valence electrons. The molecule has 0 saturated carbocycles. The van der Waals surface area contributed by atoms with Crippen molar-refractivity contribution in [2.24, 2.45) is 0 Å². The smallest absolute Gasteiger partial charge is 0.309 e. The van der Waals surface area contributed by atoms with E-state index >= 15 is 0 Å². The average molecular weight is 163 g/mol. The zero-order valence-corrected chi connectivity index (χ0v) is 6.99. The Morgan fingerprint density at radius 3 is 2.67 bits per heavy atom. The van der Waals surface area contributed by atoms with Gasteiger partial charge in [-0.2, -0.15) is 0 Å². The van der Waals surface area contributed by atoms with E-state index in [0.29, 0.717) is 6.61 Å². The molecule has 0 amide bonds. The van der Waals surface area contributed by atoms with Crippen LogP contribution in [0.1, 0.15) is 12.5 Å². The molecule has 1 aromatic rings. The van der Waals surface area contributed by atoms with Crippen molar-refractivity contribution >= 4 is 5.97 Å². The number of ether oxygens (including phenoxy) is 1. The van der Waals surface area contributed by atoms with Gasteiger partial charge in [-0.3, -0.25) is 4.79 Å². The van der Waals surface area contributed by atoms with Gasteiger partial charge in [0, 0.05) is 0 Å². The Kier molecular flexibility index (Phi) is 3.33. The first-order chi connectivity index (χ1) is 5.83. The van der Waals surface area contributed by atoms with Crippen LogP contribution in [0.2, 0.25) is 0 Å². The Morgan fingerprint density at radius 1 is 1.42 bits per heavy atom. The van der Waals surface area contributed by atoms with Crippen molar-refractivity contribution in [1.29, 1.82) is 0 Å². The Balaban J connectivity index is 2.38. The summed E-state index contributed by atoms with van der Waals surface area (Å²) >= 11 is 0. The number of carbonyl (C=O) groups is 1. The summed E-state index contributed by atoms with van der Waals surface area (Å²) < 4.78 is 4.88. The minimum Gasteiger partial charge on any atom is -0.461 e. The van der Waals surface area contributed by atoms with Crippen LogP contribution in [0.3, 0.4) is 0 Å². The van der Waals surface area contributed by atoms with E-state index in [9.17, 15) is 4.79 Å². The largest absolute Gasteiger partial charge is 0.461 e. The highest BCUT2D eigenvalue weighted by Gasteiger charge is 1.98. The van der Waals surface area contributed by atoms with Gasteiger partial charge in [0.05, 0.1) is 6.42 Å². The van der Waals surface area contributed by atoms with E-state index in [2.05, 4.69) is 0 Å². The summed E-state index contributed by atoms with van der Waals surface area (Å²) in [5, 5.41) is 0. The topological polar surface area (TPSA) is 26.3 Å². The average Bonchev–Trinajstić information content (AvgIpc) is 2.16. The maximum absolute atomic E-state index is 10.7. The van der Waals surface area contributed by atoms with E-state index < -0.39 is 0 Å². The zero-order valence-electron chi connectivity index (χ0n) is 6.99. The van der Waals surface area contributed by atoms with E-state index in [-0.39, 0.29) is 5.97 Å². The standard InChI is InChI=1S/C10H11O2/c1-2-10(11)12-8-9-6-4-3-5-7-9/h2-7H,8H2,1H3. The van der Waals surface area contributed by atoms with Crippen molar-refractivity contribution < 1.29 is 9.53 Å². The van der Waals surface area contributed by atoms with E-state index in [0.717, 1.165) is 5.56 Å². The van der Waals surface area contributed by atoms with Crippen LogP contribution in [-0.4, -0.2) is 5.97 Å². The first-order valence-electron chi connectivity index (χ1n) is 3.83. The molecule has 0 bridgehead atoms. The van der Waals surface area contributed by atoms with Crippen LogP contribution < -0.4 is 0 Å². The molecule has 0 unspecified atom stereocenters. The Labute approximate surface area is 72.2 Å². The van der Waals surface area contributed by atoms with Gasteiger partial charge in [0.1, 0.15) is 6.61 Å². The quantitative estimate of drug-likeness (QED) is 0.636. The first kappa shape index (κ1) is 8.78.